The Balaban J connectivity index is 1.75. The van der Waals surface area contributed by atoms with Gasteiger partial charge >= 0.3 is 0 Å². The predicted molar refractivity (Wildman–Crippen MR) is 89.8 cm³/mol. The zero-order valence-electron chi connectivity index (χ0n) is 13.1. The highest BCUT2D eigenvalue weighted by Gasteiger charge is 2.38. The van der Waals surface area contributed by atoms with Crippen LogP contribution in [0.1, 0.15) is 37.2 Å². The van der Waals surface area contributed by atoms with Crippen LogP contribution in [0.25, 0.3) is 5.57 Å². The third-order valence-corrected chi connectivity index (χ3v) is 6.49. The van der Waals surface area contributed by atoms with Gasteiger partial charge in [-0.1, -0.05) is 6.08 Å². The molecule has 3 aliphatic rings. The van der Waals surface area contributed by atoms with Crippen LogP contribution in [0.15, 0.2) is 11.0 Å². The van der Waals surface area contributed by atoms with Crippen LogP contribution in [-0.2, 0) is 17.2 Å². The van der Waals surface area contributed by atoms with E-state index in [1.807, 2.05) is 0 Å². The Morgan fingerprint density at radius 2 is 2.22 bits per heavy atom. The van der Waals surface area contributed by atoms with Gasteiger partial charge in [0, 0.05) is 18.7 Å². The Morgan fingerprint density at radius 3 is 2.87 bits per heavy atom. The van der Waals surface area contributed by atoms with Crippen molar-refractivity contribution in [2.75, 3.05) is 30.8 Å². The van der Waals surface area contributed by atoms with Crippen molar-refractivity contribution in [2.24, 2.45) is 0 Å². The van der Waals surface area contributed by atoms with Crippen molar-refractivity contribution in [3.05, 3.63) is 17.6 Å². The van der Waals surface area contributed by atoms with Crippen molar-refractivity contribution in [1.29, 1.82) is 0 Å². The molecule has 1 aromatic heterocycles. The zero-order valence-corrected chi connectivity index (χ0v) is 13.9. The van der Waals surface area contributed by atoms with Gasteiger partial charge in [-0.15, -0.1) is 0 Å². The molecule has 124 valence electrons. The number of anilines is 1. The SMILES string of the molecule is O=S1CCc2nc(C3=CCNCC3)nc(NC3(CO)CCC3)c21. The van der Waals surface area contributed by atoms with Gasteiger partial charge in [-0.3, -0.25) is 4.21 Å². The summed E-state index contributed by atoms with van der Waals surface area (Å²) in [4.78, 5) is 10.1. The first-order chi connectivity index (χ1) is 11.2. The fraction of sp³-hybridized carbons (Fsp3) is 0.625. The second-order valence-corrected chi connectivity index (χ2v) is 8.08. The second kappa shape index (κ2) is 5.96. The topological polar surface area (TPSA) is 87.1 Å². The molecule has 0 amide bonds. The minimum atomic E-state index is -1.04. The molecule has 1 aliphatic carbocycles. The lowest BCUT2D eigenvalue weighted by Crippen LogP contribution is -2.48. The van der Waals surface area contributed by atoms with Crippen molar-refractivity contribution < 1.29 is 9.32 Å². The fourth-order valence-electron chi connectivity index (χ4n) is 3.43. The number of hydrogen-bond donors (Lipinski definition) is 3. The molecule has 0 bridgehead atoms. The number of aromatic nitrogens is 2. The highest BCUT2D eigenvalue weighted by atomic mass is 32.2. The summed E-state index contributed by atoms with van der Waals surface area (Å²) < 4.78 is 12.4. The summed E-state index contributed by atoms with van der Waals surface area (Å²) in [7, 11) is -1.04. The Labute approximate surface area is 138 Å². The van der Waals surface area contributed by atoms with Gasteiger partial charge in [0.2, 0.25) is 0 Å². The number of fused-ring (bicyclic) bond motifs is 1. The van der Waals surface area contributed by atoms with E-state index in [4.69, 9.17) is 4.98 Å². The smallest absolute Gasteiger partial charge is 0.157 e. The summed E-state index contributed by atoms with van der Waals surface area (Å²) >= 11 is 0. The zero-order chi connectivity index (χ0) is 15.9. The molecule has 0 radical (unpaired) electrons. The summed E-state index contributed by atoms with van der Waals surface area (Å²) in [6.45, 7) is 1.85. The molecule has 4 rings (SSSR count). The summed E-state index contributed by atoms with van der Waals surface area (Å²) in [5.41, 5.74) is 1.76. The van der Waals surface area contributed by atoms with Crippen LogP contribution in [0.2, 0.25) is 0 Å². The van der Waals surface area contributed by atoms with Crippen molar-refractivity contribution in [2.45, 2.75) is 42.5 Å². The Kier molecular flexibility index (Phi) is 3.95. The molecule has 1 unspecified atom stereocenters. The lowest BCUT2D eigenvalue weighted by molar-refractivity contribution is 0.143. The first-order valence-corrected chi connectivity index (χ1v) is 9.61. The molecule has 7 heteroatoms. The minimum absolute atomic E-state index is 0.0837. The van der Waals surface area contributed by atoms with Crippen molar-refractivity contribution in [3.8, 4) is 0 Å². The van der Waals surface area contributed by atoms with Crippen LogP contribution in [0.4, 0.5) is 5.82 Å². The molecule has 23 heavy (non-hydrogen) atoms. The molecule has 1 aromatic rings. The maximum absolute atomic E-state index is 12.4. The molecule has 3 heterocycles. The Hall–Kier alpha value is -1.31. The number of aliphatic hydroxyl groups excluding tert-OH is 1. The lowest BCUT2D eigenvalue weighted by atomic mass is 9.77. The van der Waals surface area contributed by atoms with E-state index >= 15 is 0 Å². The minimum Gasteiger partial charge on any atom is -0.394 e. The number of hydrogen-bond acceptors (Lipinski definition) is 6. The monoisotopic (exact) mass is 334 g/mol. The summed E-state index contributed by atoms with van der Waals surface area (Å²) in [6, 6.07) is 0. The molecule has 0 aromatic carbocycles. The van der Waals surface area contributed by atoms with Crippen LogP contribution in [0.5, 0.6) is 0 Å². The van der Waals surface area contributed by atoms with Gasteiger partial charge in [-0.25, -0.2) is 9.97 Å². The third kappa shape index (κ3) is 2.70. The molecule has 2 aliphatic heterocycles. The average molecular weight is 334 g/mol. The summed E-state index contributed by atoms with van der Waals surface area (Å²) in [5, 5.41) is 16.4. The average Bonchev–Trinajstić information content (AvgIpc) is 2.93. The summed E-state index contributed by atoms with van der Waals surface area (Å²) in [5.74, 6) is 2.04. The molecule has 6 nitrogen and oxygen atoms in total. The van der Waals surface area contributed by atoms with Crippen LogP contribution >= 0.6 is 0 Å². The normalized spacial score (nSPS) is 25.4. The molecule has 0 spiro atoms. The van der Waals surface area contributed by atoms with Crippen LogP contribution in [-0.4, -0.2) is 50.3 Å². The van der Waals surface area contributed by atoms with E-state index < -0.39 is 10.8 Å². The largest absolute Gasteiger partial charge is 0.394 e. The molecule has 1 atom stereocenters. The van der Waals surface area contributed by atoms with E-state index in [9.17, 15) is 9.32 Å². The van der Waals surface area contributed by atoms with E-state index in [1.54, 1.807) is 0 Å². The third-order valence-electron chi connectivity index (χ3n) is 5.04. The first-order valence-electron chi connectivity index (χ1n) is 8.29. The van der Waals surface area contributed by atoms with E-state index in [0.29, 0.717) is 11.6 Å². The predicted octanol–water partition coefficient (Wildman–Crippen LogP) is 0.844. The van der Waals surface area contributed by atoms with E-state index in [1.165, 1.54) is 0 Å². The first kappa shape index (κ1) is 15.2. The summed E-state index contributed by atoms with van der Waals surface area (Å²) in [6.07, 6.45) is 6.74. The van der Waals surface area contributed by atoms with E-state index in [0.717, 1.165) is 67.2 Å². The van der Waals surface area contributed by atoms with Crippen molar-refractivity contribution in [1.82, 2.24) is 15.3 Å². The Morgan fingerprint density at radius 1 is 1.35 bits per heavy atom. The molecular formula is C16H22N4O2S. The lowest BCUT2D eigenvalue weighted by Gasteiger charge is -2.41. The van der Waals surface area contributed by atoms with Gasteiger partial charge in [0.1, 0.15) is 10.7 Å². The number of aryl methyl sites for hydroxylation is 1. The van der Waals surface area contributed by atoms with Gasteiger partial charge in [-0.2, -0.15) is 0 Å². The van der Waals surface area contributed by atoms with Crippen LogP contribution in [0.3, 0.4) is 0 Å². The highest BCUT2D eigenvalue weighted by molar-refractivity contribution is 7.85. The number of nitrogens with zero attached hydrogens (tertiary/aromatic N) is 2. The maximum atomic E-state index is 12.4. The van der Waals surface area contributed by atoms with Crippen LogP contribution < -0.4 is 10.6 Å². The van der Waals surface area contributed by atoms with E-state index in [2.05, 4.69) is 21.7 Å². The quantitative estimate of drug-likeness (QED) is 0.756. The van der Waals surface area contributed by atoms with Gasteiger partial charge in [-0.05, 0) is 37.8 Å². The fourth-order valence-corrected chi connectivity index (χ4v) is 4.73. The van der Waals surface area contributed by atoms with Crippen molar-refractivity contribution >= 4 is 22.2 Å². The number of nitrogens with one attached hydrogen (secondary N) is 2. The number of aliphatic hydroxyl groups is 1. The number of rotatable bonds is 4. The Bertz CT molecular complexity index is 679. The molecular weight excluding hydrogens is 312 g/mol. The second-order valence-electron chi connectivity index (χ2n) is 6.57. The standard InChI is InChI=1S/C16H22N4O2S/c21-10-16(5-1-6-16)20-15-13-12(4-9-23(13)22)18-14(19-15)11-2-7-17-8-3-11/h2,17,21H,1,3-10H2,(H,18,19,20). The van der Waals surface area contributed by atoms with Gasteiger partial charge in [0.15, 0.2) is 5.82 Å². The molecule has 3 N–H and O–H groups in total. The molecule has 1 saturated carbocycles. The molecule has 1 fully saturated rings. The van der Waals surface area contributed by atoms with Crippen molar-refractivity contribution in [3.63, 3.8) is 0 Å². The highest BCUT2D eigenvalue weighted by Crippen LogP contribution is 2.38. The van der Waals surface area contributed by atoms with Gasteiger partial charge < -0.3 is 15.7 Å². The van der Waals surface area contributed by atoms with E-state index in [-0.39, 0.29) is 12.1 Å². The maximum Gasteiger partial charge on any atom is 0.157 e. The van der Waals surface area contributed by atoms with Gasteiger partial charge in [0.05, 0.1) is 28.6 Å². The van der Waals surface area contributed by atoms with Gasteiger partial charge in [0.25, 0.3) is 0 Å². The van der Waals surface area contributed by atoms with Crippen LogP contribution in [0, 0.1) is 0 Å². The molecule has 0 saturated heterocycles.